The van der Waals surface area contributed by atoms with E-state index in [-0.39, 0.29) is 16.8 Å². The molecule has 3 rings (SSSR count). The molecule has 1 aliphatic heterocycles. The van der Waals surface area contributed by atoms with E-state index in [4.69, 9.17) is 21.1 Å². The molecule has 6 heteroatoms. The van der Waals surface area contributed by atoms with Gasteiger partial charge in [-0.15, -0.1) is 0 Å². The van der Waals surface area contributed by atoms with Crippen LogP contribution in [0.3, 0.4) is 0 Å². The lowest BCUT2D eigenvalue weighted by atomic mass is 10.0. The van der Waals surface area contributed by atoms with Crippen LogP contribution in [-0.4, -0.2) is 15.6 Å². The van der Waals surface area contributed by atoms with Gasteiger partial charge in [0.2, 0.25) is 11.1 Å². The van der Waals surface area contributed by atoms with E-state index in [1.54, 1.807) is 6.07 Å². The summed E-state index contributed by atoms with van der Waals surface area (Å²) in [5.74, 6) is 0.143. The highest BCUT2D eigenvalue weighted by atomic mass is 35.5. The fourth-order valence-electron chi connectivity index (χ4n) is 2.17. The number of ether oxygens (including phenoxy) is 2. The number of halogens is 2. The van der Waals surface area contributed by atoms with Crippen LogP contribution >= 0.6 is 11.6 Å². The molecule has 0 amide bonds. The van der Waals surface area contributed by atoms with Crippen LogP contribution in [-0.2, 0) is 6.42 Å². The SMILES string of the molecule is CC1(C)Cc2cccc(Oc3nc(Cl)ncc3F)c2O1. The van der Waals surface area contributed by atoms with Gasteiger partial charge in [0.1, 0.15) is 5.60 Å². The summed E-state index contributed by atoms with van der Waals surface area (Å²) in [5.41, 5.74) is 0.719. The molecular formula is C14H12ClFN2O2. The zero-order valence-corrected chi connectivity index (χ0v) is 11.7. The minimum Gasteiger partial charge on any atom is -0.483 e. The maximum atomic E-state index is 13.6. The molecule has 2 aromatic rings. The maximum Gasteiger partial charge on any atom is 0.260 e. The lowest BCUT2D eigenvalue weighted by Crippen LogP contribution is -2.24. The summed E-state index contributed by atoms with van der Waals surface area (Å²) in [5, 5.41) is -0.0739. The van der Waals surface area contributed by atoms with Crippen molar-refractivity contribution in [3.63, 3.8) is 0 Å². The van der Waals surface area contributed by atoms with Gasteiger partial charge in [-0.1, -0.05) is 12.1 Å². The van der Waals surface area contributed by atoms with Gasteiger partial charge in [0, 0.05) is 12.0 Å². The second-order valence-corrected chi connectivity index (χ2v) is 5.52. The monoisotopic (exact) mass is 294 g/mol. The molecule has 0 aliphatic carbocycles. The van der Waals surface area contributed by atoms with E-state index in [1.807, 2.05) is 26.0 Å². The highest BCUT2D eigenvalue weighted by molar-refractivity contribution is 6.28. The first-order valence-electron chi connectivity index (χ1n) is 6.11. The zero-order chi connectivity index (χ0) is 14.3. The molecule has 1 aromatic carbocycles. The average Bonchev–Trinajstić information content (AvgIpc) is 2.69. The molecule has 20 heavy (non-hydrogen) atoms. The number of fused-ring (bicyclic) bond motifs is 1. The lowest BCUT2D eigenvalue weighted by molar-refractivity contribution is 0.134. The van der Waals surface area contributed by atoms with Gasteiger partial charge in [0.25, 0.3) is 5.88 Å². The summed E-state index contributed by atoms with van der Waals surface area (Å²) in [6.45, 7) is 3.97. The van der Waals surface area contributed by atoms with Crippen molar-refractivity contribution < 1.29 is 13.9 Å². The number of rotatable bonds is 2. The third-order valence-corrected chi connectivity index (χ3v) is 3.13. The molecule has 104 valence electrons. The second kappa shape index (κ2) is 4.59. The summed E-state index contributed by atoms with van der Waals surface area (Å²) in [6, 6.07) is 5.50. The number of nitrogens with zero attached hydrogens (tertiary/aromatic N) is 2. The van der Waals surface area contributed by atoms with Crippen LogP contribution in [0.1, 0.15) is 19.4 Å². The van der Waals surface area contributed by atoms with E-state index < -0.39 is 5.82 Å². The Morgan fingerprint density at radius 1 is 1.40 bits per heavy atom. The van der Waals surface area contributed by atoms with Crippen molar-refractivity contribution in [1.29, 1.82) is 0 Å². The van der Waals surface area contributed by atoms with Crippen molar-refractivity contribution >= 4 is 11.6 Å². The van der Waals surface area contributed by atoms with Gasteiger partial charge >= 0.3 is 0 Å². The fraction of sp³-hybridized carbons (Fsp3) is 0.286. The van der Waals surface area contributed by atoms with Crippen LogP contribution < -0.4 is 9.47 Å². The molecule has 0 fully saturated rings. The fourth-order valence-corrected chi connectivity index (χ4v) is 2.30. The zero-order valence-electron chi connectivity index (χ0n) is 11.0. The average molecular weight is 295 g/mol. The lowest BCUT2D eigenvalue weighted by Gasteiger charge is -2.18. The molecule has 0 unspecified atom stereocenters. The molecule has 0 N–H and O–H groups in total. The molecule has 0 spiro atoms. The van der Waals surface area contributed by atoms with Crippen LogP contribution in [0.15, 0.2) is 24.4 Å². The summed E-state index contributed by atoms with van der Waals surface area (Å²) in [7, 11) is 0. The Balaban J connectivity index is 1.97. The Kier molecular flexibility index (Phi) is 3.01. The van der Waals surface area contributed by atoms with Crippen molar-refractivity contribution in [2.45, 2.75) is 25.9 Å². The highest BCUT2D eigenvalue weighted by Crippen LogP contribution is 2.43. The topological polar surface area (TPSA) is 44.2 Å². The number of para-hydroxylation sites is 1. The molecule has 0 radical (unpaired) electrons. The molecule has 0 saturated carbocycles. The van der Waals surface area contributed by atoms with Gasteiger partial charge in [0.05, 0.1) is 6.20 Å². The molecule has 4 nitrogen and oxygen atoms in total. The first-order chi connectivity index (χ1) is 9.44. The standard InChI is InChI=1S/C14H12ClFN2O2/c1-14(2)6-8-4-3-5-10(11(8)20-14)19-12-9(16)7-17-13(15)18-12/h3-5,7H,6H2,1-2H3. The first kappa shape index (κ1) is 13.1. The molecule has 1 aliphatic rings. The Morgan fingerprint density at radius 2 is 2.20 bits per heavy atom. The van der Waals surface area contributed by atoms with Gasteiger partial charge in [0.15, 0.2) is 11.5 Å². The van der Waals surface area contributed by atoms with Crippen LogP contribution in [0.25, 0.3) is 0 Å². The van der Waals surface area contributed by atoms with Crippen LogP contribution in [0, 0.1) is 5.82 Å². The van der Waals surface area contributed by atoms with Gasteiger partial charge in [-0.2, -0.15) is 9.37 Å². The largest absolute Gasteiger partial charge is 0.483 e. The Hall–Kier alpha value is -1.88. The van der Waals surface area contributed by atoms with Crippen molar-refractivity contribution in [2.24, 2.45) is 0 Å². The van der Waals surface area contributed by atoms with Gasteiger partial charge in [-0.25, -0.2) is 4.98 Å². The van der Waals surface area contributed by atoms with Crippen molar-refractivity contribution in [1.82, 2.24) is 9.97 Å². The van der Waals surface area contributed by atoms with Crippen LogP contribution in [0.4, 0.5) is 4.39 Å². The van der Waals surface area contributed by atoms with Gasteiger partial charge in [-0.05, 0) is 31.5 Å². The van der Waals surface area contributed by atoms with Gasteiger partial charge in [-0.3, -0.25) is 0 Å². The van der Waals surface area contributed by atoms with E-state index >= 15 is 0 Å². The van der Waals surface area contributed by atoms with E-state index in [0.29, 0.717) is 11.5 Å². The molecule has 0 saturated heterocycles. The smallest absolute Gasteiger partial charge is 0.260 e. The molecule has 0 atom stereocenters. The van der Waals surface area contributed by atoms with Crippen molar-refractivity contribution in [2.75, 3.05) is 0 Å². The predicted octanol–water partition coefficient (Wildman–Crippen LogP) is 3.77. The summed E-state index contributed by atoms with van der Waals surface area (Å²) in [6.07, 6.45) is 1.74. The van der Waals surface area contributed by atoms with Gasteiger partial charge < -0.3 is 9.47 Å². The Bertz CT molecular complexity index is 676. The maximum absolute atomic E-state index is 13.6. The van der Waals surface area contributed by atoms with Crippen molar-refractivity contribution in [3.8, 4) is 17.4 Å². The Morgan fingerprint density at radius 3 is 3.00 bits per heavy atom. The summed E-state index contributed by atoms with van der Waals surface area (Å²) >= 11 is 5.65. The van der Waals surface area contributed by atoms with E-state index in [2.05, 4.69) is 9.97 Å². The number of aromatic nitrogens is 2. The predicted molar refractivity (Wildman–Crippen MR) is 71.9 cm³/mol. The molecular weight excluding hydrogens is 283 g/mol. The highest BCUT2D eigenvalue weighted by Gasteiger charge is 2.32. The van der Waals surface area contributed by atoms with Crippen LogP contribution in [0.5, 0.6) is 17.4 Å². The summed E-state index contributed by atoms with van der Waals surface area (Å²) < 4.78 is 24.9. The molecule has 0 bridgehead atoms. The number of hydrogen-bond donors (Lipinski definition) is 0. The third kappa shape index (κ3) is 2.41. The number of hydrogen-bond acceptors (Lipinski definition) is 4. The van der Waals surface area contributed by atoms with E-state index in [0.717, 1.165) is 18.2 Å². The minimum absolute atomic E-state index is 0.0739. The van der Waals surface area contributed by atoms with E-state index in [1.165, 1.54) is 0 Å². The first-order valence-corrected chi connectivity index (χ1v) is 6.49. The normalized spacial score (nSPS) is 15.6. The van der Waals surface area contributed by atoms with E-state index in [9.17, 15) is 4.39 Å². The quantitative estimate of drug-likeness (QED) is 0.791. The Labute approximate surface area is 120 Å². The minimum atomic E-state index is -0.677. The molecule has 1 aromatic heterocycles. The third-order valence-electron chi connectivity index (χ3n) is 2.94. The number of benzene rings is 1. The second-order valence-electron chi connectivity index (χ2n) is 5.18. The summed E-state index contributed by atoms with van der Waals surface area (Å²) in [4.78, 5) is 7.28. The van der Waals surface area contributed by atoms with Crippen LogP contribution in [0.2, 0.25) is 5.28 Å². The molecule has 2 heterocycles. The van der Waals surface area contributed by atoms with Crippen molar-refractivity contribution in [3.05, 3.63) is 41.1 Å².